The van der Waals surface area contributed by atoms with Gasteiger partial charge in [0, 0.05) is 42.3 Å². The van der Waals surface area contributed by atoms with E-state index in [1.165, 1.54) is 12.5 Å². The van der Waals surface area contributed by atoms with Crippen molar-refractivity contribution in [3.63, 3.8) is 0 Å². The van der Waals surface area contributed by atoms with E-state index in [1.54, 1.807) is 11.0 Å². The number of nitrogens with zero attached hydrogens (tertiary/aromatic N) is 2. The number of furan rings is 1. The standard InChI is InChI=1S/C25H27N3O3/c1-3-13-27(4-2)22-8-5-18(6-9-22)24(29)26-21-7-10-23-19(16-21)11-14-28(23)25(30)20-12-15-31-17-20/h5-10,12,15-17H,3-4,11,13-14H2,1-2H3,(H,26,29). The second kappa shape index (κ2) is 9.08. The van der Waals surface area contributed by atoms with Gasteiger partial charge in [-0.2, -0.15) is 0 Å². The van der Waals surface area contributed by atoms with Crippen LogP contribution in [0.5, 0.6) is 0 Å². The molecule has 1 aliphatic rings. The Bertz CT molecular complexity index is 1060. The second-order valence-electron chi connectivity index (χ2n) is 7.64. The smallest absolute Gasteiger partial charge is 0.261 e. The van der Waals surface area contributed by atoms with Crippen LogP contribution in [0.15, 0.2) is 65.5 Å². The van der Waals surface area contributed by atoms with Crippen molar-refractivity contribution < 1.29 is 14.0 Å². The minimum absolute atomic E-state index is 0.0754. The molecular weight excluding hydrogens is 390 g/mol. The Hall–Kier alpha value is -3.54. The van der Waals surface area contributed by atoms with Gasteiger partial charge >= 0.3 is 0 Å². The Labute approximate surface area is 182 Å². The van der Waals surface area contributed by atoms with E-state index in [2.05, 4.69) is 24.1 Å². The molecule has 0 bridgehead atoms. The molecule has 6 heteroatoms. The first-order valence-electron chi connectivity index (χ1n) is 10.7. The van der Waals surface area contributed by atoms with Crippen LogP contribution in [0.4, 0.5) is 17.1 Å². The number of anilines is 3. The predicted molar refractivity (Wildman–Crippen MR) is 123 cm³/mol. The van der Waals surface area contributed by atoms with Crippen LogP contribution < -0.4 is 15.1 Å². The number of rotatable bonds is 7. The minimum Gasteiger partial charge on any atom is -0.472 e. The van der Waals surface area contributed by atoms with Crippen molar-refractivity contribution in [2.75, 3.05) is 34.8 Å². The largest absolute Gasteiger partial charge is 0.472 e. The molecule has 1 aromatic heterocycles. The highest BCUT2D eigenvalue weighted by Crippen LogP contribution is 2.32. The summed E-state index contributed by atoms with van der Waals surface area (Å²) in [4.78, 5) is 29.4. The van der Waals surface area contributed by atoms with Gasteiger partial charge in [0.1, 0.15) is 6.26 Å². The summed E-state index contributed by atoms with van der Waals surface area (Å²) in [7, 11) is 0. The summed E-state index contributed by atoms with van der Waals surface area (Å²) in [6, 6.07) is 15.1. The first-order chi connectivity index (χ1) is 15.1. The quantitative estimate of drug-likeness (QED) is 0.589. The number of amides is 2. The lowest BCUT2D eigenvalue weighted by molar-refractivity contribution is 0.0987. The van der Waals surface area contributed by atoms with Crippen LogP contribution in [0.25, 0.3) is 0 Å². The summed E-state index contributed by atoms with van der Waals surface area (Å²) in [5, 5.41) is 2.98. The molecule has 6 nitrogen and oxygen atoms in total. The molecule has 0 unspecified atom stereocenters. The SMILES string of the molecule is CCCN(CC)c1ccc(C(=O)Nc2ccc3c(c2)CCN3C(=O)c2ccoc2)cc1. The molecule has 1 aliphatic heterocycles. The maximum atomic E-state index is 12.7. The first kappa shape index (κ1) is 20.7. The molecule has 160 valence electrons. The predicted octanol–water partition coefficient (Wildman–Crippen LogP) is 4.97. The Morgan fingerprint density at radius 2 is 1.87 bits per heavy atom. The maximum absolute atomic E-state index is 12.7. The number of hydrogen-bond donors (Lipinski definition) is 1. The van der Waals surface area contributed by atoms with Crippen LogP contribution in [0.2, 0.25) is 0 Å². The van der Waals surface area contributed by atoms with Crippen LogP contribution in [-0.4, -0.2) is 31.4 Å². The van der Waals surface area contributed by atoms with E-state index in [9.17, 15) is 9.59 Å². The lowest BCUT2D eigenvalue weighted by Gasteiger charge is -2.22. The highest BCUT2D eigenvalue weighted by molar-refractivity contribution is 6.08. The van der Waals surface area contributed by atoms with Gasteiger partial charge in [-0.1, -0.05) is 6.92 Å². The van der Waals surface area contributed by atoms with E-state index in [4.69, 9.17) is 4.42 Å². The van der Waals surface area contributed by atoms with Crippen LogP contribution in [0.1, 0.15) is 46.5 Å². The number of nitrogens with one attached hydrogen (secondary N) is 1. The molecule has 0 aliphatic carbocycles. The summed E-state index contributed by atoms with van der Waals surface area (Å²) in [5.41, 5.74) is 4.93. The topological polar surface area (TPSA) is 65.8 Å². The van der Waals surface area contributed by atoms with Crippen molar-refractivity contribution in [2.45, 2.75) is 26.7 Å². The Morgan fingerprint density at radius 1 is 1.06 bits per heavy atom. The third kappa shape index (κ3) is 4.33. The van der Waals surface area contributed by atoms with Crippen LogP contribution in [0, 0.1) is 0 Å². The highest BCUT2D eigenvalue weighted by Gasteiger charge is 2.26. The summed E-state index contributed by atoms with van der Waals surface area (Å²) >= 11 is 0. The van der Waals surface area contributed by atoms with Gasteiger partial charge in [0.15, 0.2) is 0 Å². The third-order valence-electron chi connectivity index (χ3n) is 5.62. The van der Waals surface area contributed by atoms with Gasteiger partial charge in [-0.15, -0.1) is 0 Å². The monoisotopic (exact) mass is 417 g/mol. The normalized spacial score (nSPS) is 12.5. The van der Waals surface area contributed by atoms with Crippen LogP contribution in [0.3, 0.4) is 0 Å². The lowest BCUT2D eigenvalue weighted by Crippen LogP contribution is -2.28. The molecule has 0 atom stereocenters. The van der Waals surface area contributed by atoms with Crippen LogP contribution >= 0.6 is 0 Å². The molecule has 0 radical (unpaired) electrons. The van der Waals surface area contributed by atoms with Crippen molar-refractivity contribution in [1.82, 2.24) is 0 Å². The Balaban J connectivity index is 1.44. The summed E-state index contributed by atoms with van der Waals surface area (Å²) in [5.74, 6) is -0.220. The van der Waals surface area contributed by atoms with E-state index in [1.807, 2.05) is 42.5 Å². The molecule has 0 saturated heterocycles. The average Bonchev–Trinajstić information content (AvgIpc) is 3.47. The second-order valence-corrected chi connectivity index (χ2v) is 7.64. The van der Waals surface area contributed by atoms with Gasteiger partial charge < -0.3 is 19.5 Å². The summed E-state index contributed by atoms with van der Waals surface area (Å²) < 4.78 is 5.03. The van der Waals surface area contributed by atoms with Crippen molar-refractivity contribution in [3.05, 3.63) is 77.7 Å². The number of carbonyl (C=O) groups excluding carboxylic acids is 2. The van der Waals surface area contributed by atoms with Crippen LogP contribution in [-0.2, 0) is 6.42 Å². The molecular formula is C25H27N3O3. The van der Waals surface area contributed by atoms with E-state index in [0.717, 1.165) is 48.6 Å². The molecule has 3 aromatic rings. The van der Waals surface area contributed by atoms with Gasteiger partial charge in [0.25, 0.3) is 11.8 Å². The van der Waals surface area contributed by atoms with E-state index >= 15 is 0 Å². The number of fused-ring (bicyclic) bond motifs is 1. The Kier molecular flexibility index (Phi) is 6.07. The fourth-order valence-corrected chi connectivity index (χ4v) is 4.00. The van der Waals surface area contributed by atoms with Gasteiger partial charge in [-0.25, -0.2) is 0 Å². The molecule has 31 heavy (non-hydrogen) atoms. The fraction of sp³-hybridized carbons (Fsp3) is 0.280. The van der Waals surface area contributed by atoms with Crippen molar-refractivity contribution in [3.8, 4) is 0 Å². The molecule has 0 fully saturated rings. The zero-order valence-electron chi connectivity index (χ0n) is 17.9. The number of benzene rings is 2. The van der Waals surface area contributed by atoms with E-state index in [-0.39, 0.29) is 11.8 Å². The van der Waals surface area contributed by atoms with Gasteiger partial charge in [-0.05, 0) is 73.9 Å². The van der Waals surface area contributed by atoms with Crippen molar-refractivity contribution >= 4 is 28.9 Å². The number of hydrogen-bond acceptors (Lipinski definition) is 4. The molecule has 2 amide bonds. The van der Waals surface area contributed by atoms with Gasteiger partial charge in [-0.3, -0.25) is 9.59 Å². The Morgan fingerprint density at radius 3 is 2.55 bits per heavy atom. The summed E-state index contributed by atoms with van der Waals surface area (Å²) in [6.07, 6.45) is 4.79. The van der Waals surface area contributed by atoms with Crippen molar-refractivity contribution in [2.24, 2.45) is 0 Å². The minimum atomic E-state index is -0.144. The molecule has 1 N–H and O–H groups in total. The summed E-state index contributed by atoms with van der Waals surface area (Å²) in [6.45, 7) is 6.84. The van der Waals surface area contributed by atoms with Gasteiger partial charge in [0.05, 0.1) is 11.8 Å². The third-order valence-corrected chi connectivity index (χ3v) is 5.62. The molecule has 0 spiro atoms. The highest BCUT2D eigenvalue weighted by atomic mass is 16.3. The zero-order chi connectivity index (χ0) is 21.8. The maximum Gasteiger partial charge on any atom is 0.261 e. The molecule has 0 saturated carbocycles. The number of carbonyl (C=O) groups is 2. The fourth-order valence-electron chi connectivity index (χ4n) is 4.00. The molecule has 2 heterocycles. The average molecular weight is 418 g/mol. The lowest BCUT2D eigenvalue weighted by atomic mass is 10.1. The zero-order valence-corrected chi connectivity index (χ0v) is 17.9. The van der Waals surface area contributed by atoms with Gasteiger partial charge in [0.2, 0.25) is 0 Å². The van der Waals surface area contributed by atoms with E-state index in [0.29, 0.717) is 17.7 Å². The first-order valence-corrected chi connectivity index (χ1v) is 10.7. The van der Waals surface area contributed by atoms with Crippen molar-refractivity contribution in [1.29, 1.82) is 0 Å². The molecule has 4 rings (SSSR count). The van der Waals surface area contributed by atoms with E-state index < -0.39 is 0 Å². The molecule has 2 aromatic carbocycles.